The van der Waals surface area contributed by atoms with Crippen LogP contribution in [0.15, 0.2) is 54.9 Å². The van der Waals surface area contributed by atoms with Gasteiger partial charge in [0.2, 0.25) is 0 Å². The van der Waals surface area contributed by atoms with E-state index in [1.165, 1.54) is 11.3 Å². The van der Waals surface area contributed by atoms with E-state index in [9.17, 15) is 9.59 Å². The zero-order valence-electron chi connectivity index (χ0n) is 18.8. The van der Waals surface area contributed by atoms with Crippen molar-refractivity contribution in [3.8, 4) is 10.4 Å². The summed E-state index contributed by atoms with van der Waals surface area (Å²) >= 11 is 3.20. The van der Waals surface area contributed by atoms with Gasteiger partial charge in [-0.15, -0.1) is 23.1 Å². The van der Waals surface area contributed by atoms with Gasteiger partial charge in [0.25, 0.3) is 11.8 Å². The second-order valence-electron chi connectivity index (χ2n) is 8.04. The molecular weight excluding hydrogens is 466 g/mol. The van der Waals surface area contributed by atoms with Crippen molar-refractivity contribution in [2.24, 2.45) is 0 Å². The highest BCUT2D eigenvalue weighted by Gasteiger charge is 2.33. The molecular formula is C25H23N5O2S2. The monoisotopic (exact) mass is 489 g/mol. The molecule has 7 nitrogen and oxygen atoms in total. The van der Waals surface area contributed by atoms with E-state index in [1.54, 1.807) is 36.3 Å². The van der Waals surface area contributed by atoms with Crippen LogP contribution in [0.3, 0.4) is 0 Å². The number of fused-ring (bicyclic) bond motifs is 1. The third-order valence-electron chi connectivity index (χ3n) is 5.65. The molecule has 1 N–H and O–H groups in total. The third kappa shape index (κ3) is 4.41. The van der Waals surface area contributed by atoms with Crippen molar-refractivity contribution in [1.82, 2.24) is 25.2 Å². The molecule has 2 amide bonds. The first-order valence-electron chi connectivity index (χ1n) is 11.0. The van der Waals surface area contributed by atoms with Gasteiger partial charge in [0.15, 0.2) is 0 Å². The van der Waals surface area contributed by atoms with Crippen LogP contribution in [0.4, 0.5) is 0 Å². The number of aromatic nitrogens is 3. The van der Waals surface area contributed by atoms with Gasteiger partial charge in [0, 0.05) is 31.2 Å². The Hall–Kier alpha value is -3.30. The van der Waals surface area contributed by atoms with E-state index < -0.39 is 0 Å². The predicted molar refractivity (Wildman–Crippen MR) is 136 cm³/mol. The van der Waals surface area contributed by atoms with Gasteiger partial charge in [0.05, 0.1) is 26.3 Å². The molecule has 1 unspecified atom stereocenters. The minimum atomic E-state index is -0.226. The van der Waals surface area contributed by atoms with Crippen molar-refractivity contribution in [3.05, 3.63) is 76.7 Å². The van der Waals surface area contributed by atoms with Gasteiger partial charge in [-0.05, 0) is 31.5 Å². The highest BCUT2D eigenvalue weighted by Crippen LogP contribution is 2.34. The van der Waals surface area contributed by atoms with Crippen molar-refractivity contribution < 1.29 is 9.59 Å². The van der Waals surface area contributed by atoms with Gasteiger partial charge in [-0.25, -0.2) is 4.98 Å². The number of rotatable bonds is 5. The topological polar surface area (TPSA) is 88.1 Å². The largest absolute Gasteiger partial charge is 0.349 e. The lowest BCUT2D eigenvalue weighted by atomic mass is 10.1. The number of para-hydroxylation sites is 1. The summed E-state index contributed by atoms with van der Waals surface area (Å²) in [6, 6.07) is 13.5. The predicted octanol–water partition coefficient (Wildman–Crippen LogP) is 4.32. The van der Waals surface area contributed by atoms with Crippen LogP contribution >= 0.6 is 23.1 Å². The lowest BCUT2D eigenvalue weighted by Crippen LogP contribution is -2.42. The summed E-state index contributed by atoms with van der Waals surface area (Å²) in [6.07, 6.45) is 3.18. The Bertz CT molecular complexity index is 1380. The van der Waals surface area contributed by atoms with Crippen molar-refractivity contribution in [2.45, 2.75) is 19.2 Å². The molecule has 1 aliphatic heterocycles. The van der Waals surface area contributed by atoms with Crippen molar-refractivity contribution in [2.75, 3.05) is 18.8 Å². The molecule has 1 aliphatic rings. The number of benzene rings is 2. The first-order chi connectivity index (χ1) is 16.5. The summed E-state index contributed by atoms with van der Waals surface area (Å²) < 4.78 is 0. The molecule has 4 aromatic rings. The Morgan fingerprint density at radius 2 is 1.94 bits per heavy atom. The van der Waals surface area contributed by atoms with Crippen molar-refractivity contribution in [1.29, 1.82) is 0 Å². The van der Waals surface area contributed by atoms with Crippen LogP contribution in [0.25, 0.3) is 21.5 Å². The molecule has 5 rings (SSSR count). The fraction of sp³-hybridized carbons (Fsp3) is 0.240. The van der Waals surface area contributed by atoms with Crippen LogP contribution in [-0.2, 0) is 0 Å². The van der Waals surface area contributed by atoms with Crippen LogP contribution in [-0.4, -0.2) is 55.9 Å². The summed E-state index contributed by atoms with van der Waals surface area (Å²) in [7, 11) is 0. The molecule has 0 radical (unpaired) electrons. The smallest absolute Gasteiger partial charge is 0.274 e. The summed E-state index contributed by atoms with van der Waals surface area (Å²) in [5.41, 5.74) is 4.33. The Morgan fingerprint density at radius 3 is 2.79 bits per heavy atom. The number of aryl methyl sites for hydroxylation is 2. The number of carbonyl (C=O) groups is 2. The molecule has 0 saturated carbocycles. The lowest BCUT2D eigenvalue weighted by molar-refractivity contribution is 0.0747. The number of carbonyl (C=O) groups excluding carboxylic acids is 2. The molecule has 0 bridgehead atoms. The standard InChI is InChI=1S/C25H23N5O2S2/c1-15-5-3-6-17(13-15)23-22(29-16(2)34-23)25(32)30-11-12-33-20(30)14-28-24(31)18-7-4-8-19-21(18)27-10-9-26-19/h3-10,13,20H,11-12,14H2,1-2H3,(H,28,31). The van der Waals surface area contributed by atoms with Crippen LogP contribution in [0, 0.1) is 13.8 Å². The molecule has 172 valence electrons. The SMILES string of the molecule is Cc1cccc(-c2sc(C)nc2C(=O)N2CCSC2CNC(=O)c2cccc3nccnc23)c1. The maximum atomic E-state index is 13.6. The number of thiazole rings is 1. The van der Waals surface area contributed by atoms with Gasteiger partial charge >= 0.3 is 0 Å². The van der Waals surface area contributed by atoms with Crippen LogP contribution in [0.2, 0.25) is 0 Å². The van der Waals surface area contributed by atoms with Gasteiger partial charge in [0.1, 0.15) is 11.2 Å². The van der Waals surface area contributed by atoms with Crippen LogP contribution in [0.5, 0.6) is 0 Å². The molecule has 1 atom stereocenters. The van der Waals surface area contributed by atoms with Crippen molar-refractivity contribution in [3.63, 3.8) is 0 Å². The minimum Gasteiger partial charge on any atom is -0.349 e. The molecule has 2 aromatic carbocycles. The maximum absolute atomic E-state index is 13.6. The number of thioether (sulfide) groups is 1. The van der Waals surface area contributed by atoms with Gasteiger partial charge in [-0.3, -0.25) is 19.6 Å². The third-order valence-corrected chi connectivity index (χ3v) is 7.89. The van der Waals surface area contributed by atoms with Gasteiger partial charge in [-0.1, -0.05) is 35.9 Å². The van der Waals surface area contributed by atoms with Crippen molar-refractivity contribution >= 4 is 45.9 Å². The lowest BCUT2D eigenvalue weighted by Gasteiger charge is -2.24. The van der Waals surface area contributed by atoms with E-state index in [-0.39, 0.29) is 17.2 Å². The molecule has 0 aliphatic carbocycles. The first-order valence-corrected chi connectivity index (χ1v) is 12.8. The summed E-state index contributed by atoms with van der Waals surface area (Å²) in [4.78, 5) is 42.4. The average molecular weight is 490 g/mol. The molecule has 2 aromatic heterocycles. The van der Waals surface area contributed by atoms with Crippen LogP contribution < -0.4 is 5.32 Å². The van der Waals surface area contributed by atoms with E-state index in [1.807, 2.05) is 43.0 Å². The highest BCUT2D eigenvalue weighted by molar-refractivity contribution is 8.00. The molecule has 9 heteroatoms. The summed E-state index contributed by atoms with van der Waals surface area (Å²) in [5.74, 6) is 0.492. The Labute approximate surface area is 205 Å². The zero-order valence-corrected chi connectivity index (χ0v) is 20.4. The van der Waals surface area contributed by atoms with E-state index in [2.05, 4.69) is 26.3 Å². The fourth-order valence-corrected chi connectivity index (χ4v) is 6.13. The van der Waals surface area contributed by atoms with E-state index in [0.29, 0.717) is 35.4 Å². The number of hydrogen-bond acceptors (Lipinski definition) is 7. The van der Waals surface area contributed by atoms with Gasteiger partial charge < -0.3 is 10.2 Å². The van der Waals surface area contributed by atoms with Gasteiger partial charge in [-0.2, -0.15) is 0 Å². The molecule has 1 saturated heterocycles. The normalized spacial score (nSPS) is 15.6. The van der Waals surface area contributed by atoms with Crippen LogP contribution in [0.1, 0.15) is 31.4 Å². The Morgan fingerprint density at radius 1 is 1.12 bits per heavy atom. The second kappa shape index (κ2) is 9.52. The summed E-state index contributed by atoms with van der Waals surface area (Å²) in [5, 5.41) is 3.68. The molecule has 34 heavy (non-hydrogen) atoms. The Kier molecular flexibility index (Phi) is 6.30. The minimum absolute atomic E-state index is 0.0962. The molecule has 3 heterocycles. The number of nitrogens with zero attached hydrogens (tertiary/aromatic N) is 4. The Balaban J connectivity index is 1.34. The summed E-state index contributed by atoms with van der Waals surface area (Å²) in [6.45, 7) is 4.92. The highest BCUT2D eigenvalue weighted by atomic mass is 32.2. The second-order valence-corrected chi connectivity index (χ2v) is 10.5. The number of amides is 2. The fourth-order valence-electron chi connectivity index (χ4n) is 4.06. The quantitative estimate of drug-likeness (QED) is 0.449. The first kappa shape index (κ1) is 22.5. The molecule has 1 fully saturated rings. The number of hydrogen-bond donors (Lipinski definition) is 1. The zero-order chi connectivity index (χ0) is 23.7. The maximum Gasteiger partial charge on any atom is 0.274 e. The average Bonchev–Trinajstić information content (AvgIpc) is 3.48. The molecule has 0 spiro atoms. The van der Waals surface area contributed by atoms with E-state index in [0.717, 1.165) is 26.8 Å². The number of nitrogens with one attached hydrogen (secondary N) is 1. The van der Waals surface area contributed by atoms with E-state index >= 15 is 0 Å². The van der Waals surface area contributed by atoms with E-state index in [4.69, 9.17) is 0 Å².